The molecule has 0 aliphatic heterocycles. The van der Waals surface area contributed by atoms with E-state index in [9.17, 15) is 4.79 Å². The van der Waals surface area contributed by atoms with E-state index in [0.717, 1.165) is 21.9 Å². The van der Waals surface area contributed by atoms with Gasteiger partial charge in [-0.1, -0.05) is 60.7 Å². The molecule has 0 aliphatic carbocycles. The largest absolute Gasteiger partial charge is 0.468 e. The van der Waals surface area contributed by atoms with Crippen LogP contribution in [0.3, 0.4) is 0 Å². The number of rotatable bonds is 3. The molecule has 3 heteroatoms. The van der Waals surface area contributed by atoms with Gasteiger partial charge in [0.25, 0.3) is 0 Å². The van der Waals surface area contributed by atoms with Crippen molar-refractivity contribution in [2.24, 2.45) is 0 Å². The van der Waals surface area contributed by atoms with Gasteiger partial charge in [-0.15, -0.1) is 0 Å². The number of nitrogen functional groups attached to an aromatic ring is 1. The minimum Gasteiger partial charge on any atom is -0.468 e. The van der Waals surface area contributed by atoms with Gasteiger partial charge in [-0.05, 0) is 22.6 Å². The molecule has 0 radical (unpaired) electrons. The minimum atomic E-state index is -0.461. The second-order valence-corrected chi connectivity index (χ2v) is 5.16. The Balaban J connectivity index is 2.26. The van der Waals surface area contributed by atoms with Gasteiger partial charge in [0.05, 0.1) is 7.11 Å². The molecule has 0 amide bonds. The van der Waals surface area contributed by atoms with Crippen LogP contribution in [0.15, 0.2) is 66.7 Å². The number of esters is 1. The number of nitrogens with two attached hydrogens (primary N) is 1. The van der Waals surface area contributed by atoms with Gasteiger partial charge in [0.2, 0.25) is 0 Å². The summed E-state index contributed by atoms with van der Waals surface area (Å²) in [5, 5.41) is 1.92. The SMILES string of the molecule is COC(=O)C(c1ccccc1)c1ccc(N)c2ccccc12. The fraction of sp³-hybridized carbons (Fsp3) is 0.105. The Kier molecular flexibility index (Phi) is 3.79. The van der Waals surface area contributed by atoms with Crippen molar-refractivity contribution in [2.75, 3.05) is 12.8 Å². The second kappa shape index (κ2) is 5.90. The quantitative estimate of drug-likeness (QED) is 0.591. The Hall–Kier alpha value is -2.81. The Morgan fingerprint density at radius 1 is 0.909 bits per heavy atom. The van der Waals surface area contributed by atoms with E-state index in [2.05, 4.69) is 0 Å². The standard InChI is InChI=1S/C19H17NO2/c1-22-19(21)18(13-7-3-2-4-8-13)16-11-12-17(20)15-10-6-5-9-14(15)16/h2-12,18H,20H2,1H3. The molecular weight excluding hydrogens is 274 g/mol. The van der Waals surface area contributed by atoms with E-state index in [1.807, 2.05) is 66.7 Å². The highest BCUT2D eigenvalue weighted by Crippen LogP contribution is 2.34. The predicted molar refractivity (Wildman–Crippen MR) is 88.7 cm³/mol. The summed E-state index contributed by atoms with van der Waals surface area (Å²) in [6, 6.07) is 21.2. The third-order valence-electron chi connectivity index (χ3n) is 3.87. The lowest BCUT2D eigenvalue weighted by Crippen LogP contribution is -2.16. The van der Waals surface area contributed by atoms with Crippen molar-refractivity contribution in [3.8, 4) is 0 Å². The number of hydrogen-bond donors (Lipinski definition) is 1. The lowest BCUT2D eigenvalue weighted by molar-refractivity contribution is -0.141. The van der Waals surface area contributed by atoms with Crippen LogP contribution in [0.25, 0.3) is 10.8 Å². The maximum absolute atomic E-state index is 12.4. The fourth-order valence-electron chi connectivity index (χ4n) is 2.80. The molecule has 0 aliphatic rings. The molecule has 0 heterocycles. The van der Waals surface area contributed by atoms with Gasteiger partial charge in [0.15, 0.2) is 0 Å². The highest BCUT2D eigenvalue weighted by Gasteiger charge is 2.25. The summed E-state index contributed by atoms with van der Waals surface area (Å²) in [4.78, 5) is 12.4. The highest BCUT2D eigenvalue weighted by atomic mass is 16.5. The average Bonchev–Trinajstić information content (AvgIpc) is 2.58. The van der Waals surface area contributed by atoms with Crippen molar-refractivity contribution in [1.29, 1.82) is 0 Å². The molecule has 3 aromatic rings. The number of hydrogen-bond acceptors (Lipinski definition) is 3. The fourth-order valence-corrected chi connectivity index (χ4v) is 2.80. The highest BCUT2D eigenvalue weighted by molar-refractivity contribution is 5.98. The topological polar surface area (TPSA) is 52.3 Å². The zero-order chi connectivity index (χ0) is 15.5. The summed E-state index contributed by atoms with van der Waals surface area (Å²) in [5.74, 6) is -0.738. The van der Waals surface area contributed by atoms with Crippen molar-refractivity contribution in [3.63, 3.8) is 0 Å². The van der Waals surface area contributed by atoms with Gasteiger partial charge in [-0.2, -0.15) is 0 Å². The van der Waals surface area contributed by atoms with E-state index in [4.69, 9.17) is 10.5 Å². The summed E-state index contributed by atoms with van der Waals surface area (Å²) < 4.78 is 5.03. The average molecular weight is 291 g/mol. The van der Waals surface area contributed by atoms with E-state index >= 15 is 0 Å². The summed E-state index contributed by atoms with van der Waals surface area (Å²) >= 11 is 0. The number of ether oxygens (including phenoxy) is 1. The molecule has 2 N–H and O–H groups in total. The summed E-state index contributed by atoms with van der Waals surface area (Å²) in [6.07, 6.45) is 0. The Morgan fingerprint density at radius 3 is 2.23 bits per heavy atom. The van der Waals surface area contributed by atoms with Crippen molar-refractivity contribution in [3.05, 3.63) is 77.9 Å². The van der Waals surface area contributed by atoms with Crippen molar-refractivity contribution < 1.29 is 9.53 Å². The smallest absolute Gasteiger partial charge is 0.317 e. The summed E-state index contributed by atoms with van der Waals surface area (Å²) in [5.41, 5.74) is 8.57. The van der Waals surface area contributed by atoms with Gasteiger partial charge in [0.1, 0.15) is 5.92 Å². The van der Waals surface area contributed by atoms with Crippen LogP contribution in [0, 0.1) is 0 Å². The van der Waals surface area contributed by atoms with Gasteiger partial charge in [-0.3, -0.25) is 4.79 Å². The van der Waals surface area contributed by atoms with Crippen molar-refractivity contribution in [1.82, 2.24) is 0 Å². The zero-order valence-corrected chi connectivity index (χ0v) is 12.3. The number of anilines is 1. The van der Waals surface area contributed by atoms with Crippen LogP contribution in [0.5, 0.6) is 0 Å². The Labute approximate surface area is 129 Å². The molecule has 0 saturated carbocycles. The number of carbonyl (C=O) groups excluding carboxylic acids is 1. The maximum atomic E-state index is 12.4. The van der Waals surface area contributed by atoms with E-state index < -0.39 is 5.92 Å². The first-order valence-electron chi connectivity index (χ1n) is 7.12. The zero-order valence-electron chi connectivity index (χ0n) is 12.3. The molecule has 0 spiro atoms. The number of carbonyl (C=O) groups is 1. The van der Waals surface area contributed by atoms with E-state index in [1.165, 1.54) is 7.11 Å². The molecule has 1 unspecified atom stereocenters. The van der Waals surface area contributed by atoms with Crippen LogP contribution in [0.4, 0.5) is 5.69 Å². The molecule has 0 saturated heterocycles. The lowest BCUT2D eigenvalue weighted by atomic mass is 9.87. The third kappa shape index (κ3) is 2.42. The molecule has 1 atom stereocenters. The lowest BCUT2D eigenvalue weighted by Gasteiger charge is -2.18. The van der Waals surface area contributed by atoms with Gasteiger partial charge in [0, 0.05) is 11.1 Å². The molecular formula is C19H17NO2. The van der Waals surface area contributed by atoms with Crippen LogP contribution < -0.4 is 5.73 Å². The maximum Gasteiger partial charge on any atom is 0.317 e. The van der Waals surface area contributed by atoms with Crippen LogP contribution >= 0.6 is 0 Å². The van der Waals surface area contributed by atoms with Crippen LogP contribution in [-0.4, -0.2) is 13.1 Å². The van der Waals surface area contributed by atoms with Crippen LogP contribution in [0.2, 0.25) is 0 Å². The van der Waals surface area contributed by atoms with E-state index in [1.54, 1.807) is 0 Å². The normalized spacial score (nSPS) is 12.0. The predicted octanol–water partition coefficient (Wildman–Crippen LogP) is 3.73. The molecule has 3 aromatic carbocycles. The number of fused-ring (bicyclic) bond motifs is 1. The monoisotopic (exact) mass is 291 g/mol. The first-order chi connectivity index (χ1) is 10.7. The molecule has 0 fully saturated rings. The molecule has 3 rings (SSSR count). The van der Waals surface area contributed by atoms with Gasteiger partial charge >= 0.3 is 5.97 Å². The van der Waals surface area contributed by atoms with E-state index in [-0.39, 0.29) is 5.97 Å². The molecule has 22 heavy (non-hydrogen) atoms. The molecule has 3 nitrogen and oxygen atoms in total. The molecule has 110 valence electrons. The summed E-state index contributed by atoms with van der Waals surface area (Å²) in [6.45, 7) is 0. The van der Waals surface area contributed by atoms with Crippen molar-refractivity contribution in [2.45, 2.75) is 5.92 Å². The van der Waals surface area contributed by atoms with Gasteiger partial charge < -0.3 is 10.5 Å². The summed E-state index contributed by atoms with van der Waals surface area (Å²) in [7, 11) is 1.41. The van der Waals surface area contributed by atoms with Crippen molar-refractivity contribution >= 4 is 22.4 Å². The molecule has 0 aromatic heterocycles. The van der Waals surface area contributed by atoms with Crippen LogP contribution in [0.1, 0.15) is 17.0 Å². The Morgan fingerprint density at radius 2 is 1.55 bits per heavy atom. The number of benzene rings is 3. The minimum absolute atomic E-state index is 0.277. The first-order valence-corrected chi connectivity index (χ1v) is 7.12. The van der Waals surface area contributed by atoms with Crippen LogP contribution in [-0.2, 0) is 9.53 Å². The van der Waals surface area contributed by atoms with Gasteiger partial charge in [-0.25, -0.2) is 0 Å². The molecule has 0 bridgehead atoms. The third-order valence-corrected chi connectivity index (χ3v) is 3.87. The van der Waals surface area contributed by atoms with E-state index in [0.29, 0.717) is 5.69 Å². The second-order valence-electron chi connectivity index (χ2n) is 5.16. The Bertz CT molecular complexity index is 812. The first kappa shape index (κ1) is 14.1. The number of methoxy groups -OCH3 is 1.